The number of anilines is 2. The van der Waals surface area contributed by atoms with Crippen molar-refractivity contribution in [2.75, 3.05) is 11.1 Å². The van der Waals surface area contributed by atoms with Crippen molar-refractivity contribution < 1.29 is 24.6 Å². The molecule has 0 heterocycles. The van der Waals surface area contributed by atoms with E-state index in [9.17, 15) is 24.6 Å². The van der Waals surface area contributed by atoms with Gasteiger partial charge in [0.15, 0.2) is 5.78 Å². The predicted molar refractivity (Wildman–Crippen MR) is 119 cm³/mol. The summed E-state index contributed by atoms with van der Waals surface area (Å²) in [6.45, 7) is 12.4. The Hall–Kier alpha value is -3.61. The Morgan fingerprint density at radius 2 is 1.35 bits per heavy atom. The van der Waals surface area contributed by atoms with Crippen molar-refractivity contribution in [1.82, 2.24) is 0 Å². The van der Waals surface area contributed by atoms with Crippen molar-refractivity contribution in [3.05, 3.63) is 57.7 Å². The normalized spacial score (nSPS) is 12.7. The lowest BCUT2D eigenvalue weighted by atomic mass is 9.78. The summed E-state index contributed by atoms with van der Waals surface area (Å²) < 4.78 is 0. The van der Waals surface area contributed by atoms with E-state index in [0.717, 1.165) is 0 Å². The first-order valence-corrected chi connectivity index (χ1v) is 9.99. The van der Waals surface area contributed by atoms with E-state index < -0.39 is 17.5 Å². The summed E-state index contributed by atoms with van der Waals surface area (Å²) in [5.74, 6) is -2.95. The predicted octanol–water partition coefficient (Wildman–Crippen LogP) is 4.22. The van der Waals surface area contributed by atoms with Gasteiger partial charge in [0.1, 0.15) is 11.5 Å². The van der Waals surface area contributed by atoms with E-state index in [0.29, 0.717) is 11.1 Å². The summed E-state index contributed by atoms with van der Waals surface area (Å²) in [4.78, 5) is 39.3. The van der Waals surface area contributed by atoms with Crippen molar-refractivity contribution >= 4 is 28.8 Å². The molecule has 0 aliphatic heterocycles. The van der Waals surface area contributed by atoms with Crippen LogP contribution in [-0.2, 0) is 4.79 Å². The van der Waals surface area contributed by atoms with E-state index in [-0.39, 0.29) is 62.5 Å². The third-order valence-corrected chi connectivity index (χ3v) is 5.48. The molecule has 0 radical (unpaired) electrons. The molecule has 0 unspecified atom stereocenters. The van der Waals surface area contributed by atoms with Gasteiger partial charge in [0.05, 0.1) is 27.9 Å². The number of rotatable bonds is 4. The number of phenols is 2. The molecule has 0 saturated heterocycles. The number of hydrogen-bond acceptors (Lipinski definition) is 6. The monoisotopic (exact) mass is 422 g/mol. The molecule has 0 spiro atoms. The van der Waals surface area contributed by atoms with Gasteiger partial charge in [-0.15, -0.1) is 0 Å². The molecule has 0 atom stereocenters. The van der Waals surface area contributed by atoms with E-state index in [4.69, 9.17) is 5.73 Å². The van der Waals surface area contributed by atoms with E-state index in [2.05, 4.69) is 11.9 Å². The van der Waals surface area contributed by atoms with E-state index >= 15 is 0 Å². The van der Waals surface area contributed by atoms with Gasteiger partial charge >= 0.3 is 0 Å². The zero-order valence-corrected chi connectivity index (χ0v) is 18.2. The zero-order chi connectivity index (χ0) is 23.4. The number of ketones is 2. The molecule has 0 bridgehead atoms. The Morgan fingerprint density at radius 3 is 1.84 bits per heavy atom. The summed E-state index contributed by atoms with van der Waals surface area (Å²) in [6.07, 6.45) is 0. The number of nitrogens with one attached hydrogen (secondary N) is 1. The van der Waals surface area contributed by atoms with Gasteiger partial charge in [0.25, 0.3) is 5.91 Å². The highest BCUT2D eigenvalue weighted by atomic mass is 16.3. The summed E-state index contributed by atoms with van der Waals surface area (Å²) in [6, 6.07) is 2.96. The second-order valence-electron chi connectivity index (χ2n) is 8.47. The van der Waals surface area contributed by atoms with Crippen LogP contribution in [0.25, 0.3) is 0 Å². The Morgan fingerprint density at radius 1 is 0.903 bits per heavy atom. The van der Waals surface area contributed by atoms with Crippen LogP contribution in [0, 0.1) is 0 Å². The second kappa shape index (κ2) is 7.58. The van der Waals surface area contributed by atoms with Gasteiger partial charge < -0.3 is 21.3 Å². The van der Waals surface area contributed by atoms with E-state index in [1.54, 1.807) is 13.8 Å². The number of carbonyl (C=O) groups excluding carboxylic acids is 3. The number of hydrogen-bond donors (Lipinski definition) is 4. The minimum absolute atomic E-state index is 0.0464. The SMILES string of the molecule is C=C(C)C(=O)Nc1cc(C(C)C)c(O)c2c1C(=O)c1c(N)cc(C(C)C)c(O)c1C2=O. The van der Waals surface area contributed by atoms with Crippen molar-refractivity contribution in [3.63, 3.8) is 0 Å². The van der Waals surface area contributed by atoms with Crippen LogP contribution in [0.1, 0.15) is 89.4 Å². The number of fused-ring (bicyclic) bond motifs is 2. The number of amides is 1. The second-order valence-corrected chi connectivity index (χ2v) is 8.47. The minimum atomic E-state index is -0.720. The number of phenolic OH excluding ortho intramolecular Hbond substituents is 2. The van der Waals surface area contributed by atoms with Crippen molar-refractivity contribution in [3.8, 4) is 11.5 Å². The van der Waals surface area contributed by atoms with Crippen LogP contribution < -0.4 is 11.1 Å². The molecular weight excluding hydrogens is 396 g/mol. The minimum Gasteiger partial charge on any atom is -0.507 e. The zero-order valence-electron chi connectivity index (χ0n) is 18.2. The van der Waals surface area contributed by atoms with E-state index in [1.165, 1.54) is 19.1 Å². The lowest BCUT2D eigenvalue weighted by molar-refractivity contribution is -0.112. The average Bonchev–Trinajstić information content (AvgIpc) is 2.67. The first-order chi connectivity index (χ1) is 14.4. The van der Waals surface area contributed by atoms with Gasteiger partial charge in [0.2, 0.25) is 5.78 Å². The van der Waals surface area contributed by atoms with E-state index in [1.807, 2.05) is 13.8 Å². The molecule has 2 aromatic rings. The quantitative estimate of drug-likeness (QED) is 0.283. The third-order valence-electron chi connectivity index (χ3n) is 5.48. The van der Waals surface area contributed by atoms with Crippen LogP contribution in [0.4, 0.5) is 11.4 Å². The molecule has 162 valence electrons. The van der Waals surface area contributed by atoms with Crippen LogP contribution in [0.15, 0.2) is 24.3 Å². The summed E-state index contributed by atoms with van der Waals surface area (Å²) in [5.41, 5.74) is 6.50. The summed E-state index contributed by atoms with van der Waals surface area (Å²) in [5, 5.41) is 24.3. The Labute approximate surface area is 180 Å². The fourth-order valence-corrected chi connectivity index (χ4v) is 3.79. The van der Waals surface area contributed by atoms with Gasteiger partial charge in [0, 0.05) is 11.3 Å². The number of carbonyl (C=O) groups is 3. The van der Waals surface area contributed by atoms with Gasteiger partial charge in [-0.3, -0.25) is 14.4 Å². The number of nitrogen functional groups attached to an aromatic ring is 1. The molecule has 7 heteroatoms. The molecule has 2 aromatic carbocycles. The number of benzene rings is 2. The number of nitrogens with two attached hydrogens (primary N) is 1. The molecule has 3 rings (SSSR count). The third kappa shape index (κ3) is 3.36. The molecule has 31 heavy (non-hydrogen) atoms. The Balaban J connectivity index is 2.41. The maximum atomic E-state index is 13.5. The van der Waals surface area contributed by atoms with Gasteiger partial charge in [-0.1, -0.05) is 34.3 Å². The number of aromatic hydroxyl groups is 2. The van der Waals surface area contributed by atoms with Crippen LogP contribution >= 0.6 is 0 Å². The smallest absolute Gasteiger partial charge is 0.250 e. The van der Waals surface area contributed by atoms with Crippen LogP contribution in [-0.4, -0.2) is 27.7 Å². The van der Waals surface area contributed by atoms with Gasteiger partial charge in [-0.05, 0) is 42.0 Å². The molecule has 5 N–H and O–H groups in total. The van der Waals surface area contributed by atoms with Crippen LogP contribution in [0.2, 0.25) is 0 Å². The molecule has 0 aromatic heterocycles. The summed E-state index contributed by atoms with van der Waals surface area (Å²) >= 11 is 0. The lowest BCUT2D eigenvalue weighted by Gasteiger charge is -2.26. The topological polar surface area (TPSA) is 130 Å². The van der Waals surface area contributed by atoms with Crippen molar-refractivity contribution in [1.29, 1.82) is 0 Å². The highest BCUT2D eigenvalue weighted by Gasteiger charge is 2.40. The maximum absolute atomic E-state index is 13.5. The molecule has 1 aliphatic carbocycles. The average molecular weight is 422 g/mol. The highest BCUT2D eigenvalue weighted by Crippen LogP contribution is 2.46. The van der Waals surface area contributed by atoms with Gasteiger partial charge in [-0.2, -0.15) is 0 Å². The molecule has 7 nitrogen and oxygen atoms in total. The standard InChI is InChI=1S/C24H26N2O5/c1-9(2)12-7-14(25)16-18(20(12)27)23(30)19-17(22(16)29)15(26-24(31)11(5)6)8-13(10(3)4)21(19)28/h7-10,27-28H,5,25H2,1-4,6H3,(H,26,31). The molecule has 1 amide bonds. The fraction of sp³-hybridized carbons (Fsp3) is 0.292. The Kier molecular flexibility index (Phi) is 5.40. The summed E-state index contributed by atoms with van der Waals surface area (Å²) in [7, 11) is 0. The van der Waals surface area contributed by atoms with Crippen LogP contribution in [0.3, 0.4) is 0 Å². The van der Waals surface area contributed by atoms with Crippen molar-refractivity contribution in [2.45, 2.75) is 46.5 Å². The fourth-order valence-electron chi connectivity index (χ4n) is 3.79. The first-order valence-electron chi connectivity index (χ1n) is 9.99. The first kappa shape index (κ1) is 22.1. The van der Waals surface area contributed by atoms with Crippen LogP contribution in [0.5, 0.6) is 11.5 Å². The Bertz CT molecular complexity index is 1180. The molecule has 1 aliphatic rings. The van der Waals surface area contributed by atoms with Crippen molar-refractivity contribution in [2.24, 2.45) is 0 Å². The molecular formula is C24H26N2O5. The molecule has 0 fully saturated rings. The van der Waals surface area contributed by atoms with Gasteiger partial charge in [-0.25, -0.2) is 0 Å². The lowest BCUT2D eigenvalue weighted by Crippen LogP contribution is -2.26. The molecule has 0 saturated carbocycles. The largest absolute Gasteiger partial charge is 0.507 e. The highest BCUT2D eigenvalue weighted by molar-refractivity contribution is 6.34. The maximum Gasteiger partial charge on any atom is 0.250 e.